The number of hydrogen-bond donors (Lipinski definition) is 0. The maximum absolute atomic E-state index is 2.44. The van der Waals surface area contributed by atoms with Gasteiger partial charge in [-0.2, -0.15) is 0 Å². The molecule has 1 heteroatoms. The molecule has 0 radical (unpaired) electrons. The van der Waals surface area contributed by atoms with Gasteiger partial charge < -0.3 is 0 Å². The third-order valence-corrected chi connectivity index (χ3v) is 6.04. The summed E-state index contributed by atoms with van der Waals surface area (Å²) < 4.78 is 0. The Labute approximate surface area is 71.7 Å². The molecule has 0 bridgehead atoms. The first-order chi connectivity index (χ1) is 5.18. The second-order valence-electron chi connectivity index (χ2n) is 3.10. The van der Waals surface area contributed by atoms with Gasteiger partial charge in [-0.3, -0.25) is 0 Å². The Morgan fingerprint density at radius 2 is 1.64 bits per heavy atom. The van der Waals surface area contributed by atoms with Gasteiger partial charge in [0, 0.05) is 0 Å². The molecule has 0 aliphatic heterocycles. The van der Waals surface area contributed by atoms with Crippen LogP contribution in [0.15, 0.2) is 12.2 Å². The van der Waals surface area contributed by atoms with Crippen molar-refractivity contribution < 1.29 is 0 Å². The molecule has 0 spiro atoms. The average molecular weight is 172 g/mol. The predicted octanol–water partition coefficient (Wildman–Crippen LogP) is 3.44. The van der Waals surface area contributed by atoms with E-state index >= 15 is 0 Å². The molecule has 0 aromatic heterocycles. The van der Waals surface area contributed by atoms with Crippen LogP contribution in [0.3, 0.4) is 0 Å². The summed E-state index contributed by atoms with van der Waals surface area (Å²) in [7, 11) is 0. The molecule has 0 saturated heterocycles. The molecular formula is C10H21P. The molecule has 0 aliphatic carbocycles. The summed E-state index contributed by atoms with van der Waals surface area (Å²) in [6.45, 7) is 8.53. The summed E-state index contributed by atoms with van der Waals surface area (Å²) in [5.74, 6) is 2.44. The van der Waals surface area contributed by atoms with Gasteiger partial charge >= 0.3 is 0 Å². The summed E-state index contributed by atoms with van der Waals surface area (Å²) >= 11 is 0. The Morgan fingerprint density at radius 1 is 1.09 bits per heavy atom. The highest BCUT2D eigenvalue weighted by Crippen LogP contribution is 2.40. The predicted molar refractivity (Wildman–Crippen MR) is 59.4 cm³/mol. The van der Waals surface area contributed by atoms with Crippen LogP contribution in [0, 0.1) is 0 Å². The highest BCUT2D eigenvalue weighted by Gasteiger charge is 2.01. The van der Waals surface area contributed by atoms with Crippen molar-refractivity contribution in [2.75, 3.05) is 19.0 Å². The lowest BCUT2D eigenvalue weighted by molar-refractivity contribution is 1.23. The number of hydrogen-bond acceptors (Lipinski definition) is 0. The Kier molecular flexibility index (Phi) is 5.68. The fraction of sp³-hybridized carbons (Fsp3) is 0.700. The molecule has 0 aromatic carbocycles. The van der Waals surface area contributed by atoms with Crippen LogP contribution in [0.25, 0.3) is 0 Å². The van der Waals surface area contributed by atoms with E-state index in [0.717, 1.165) is 6.42 Å². The first-order valence-electron chi connectivity index (χ1n) is 4.53. The molecule has 0 N–H and O–H groups in total. The maximum Gasteiger partial charge on any atom is -0.0358 e. The molecule has 0 aliphatic rings. The van der Waals surface area contributed by atoms with Crippen LogP contribution in [0.2, 0.25) is 0 Å². The summed E-state index contributed by atoms with van der Waals surface area (Å²) in [6.07, 6.45) is 8.34. The standard InChI is InChI=1S/C10H21P/c1-5-8-9-10-11(4,6-2)7-3/h8-10H,5-7H2,1-4H3/b9-8-. The van der Waals surface area contributed by atoms with E-state index in [0.29, 0.717) is 0 Å². The lowest BCUT2D eigenvalue weighted by Gasteiger charge is -2.14. The molecular weight excluding hydrogens is 151 g/mol. The summed E-state index contributed by atoms with van der Waals surface area (Å²) in [4.78, 5) is 0. The van der Waals surface area contributed by atoms with Crippen molar-refractivity contribution in [1.29, 1.82) is 0 Å². The Morgan fingerprint density at radius 3 is 2.00 bits per heavy atom. The molecule has 0 nitrogen and oxygen atoms in total. The van der Waals surface area contributed by atoms with Gasteiger partial charge in [0.05, 0.1) is 0 Å². The average Bonchev–Trinajstić information content (AvgIpc) is 2.05. The molecule has 11 heavy (non-hydrogen) atoms. The molecule has 0 aromatic rings. The minimum Gasteiger partial charge on any atom is -0.108 e. The molecule has 66 valence electrons. The van der Waals surface area contributed by atoms with Crippen LogP contribution in [0.4, 0.5) is 0 Å². The van der Waals surface area contributed by atoms with Gasteiger partial charge in [0.25, 0.3) is 0 Å². The van der Waals surface area contributed by atoms with E-state index in [1.165, 1.54) is 12.3 Å². The third-order valence-electron chi connectivity index (χ3n) is 2.26. The second-order valence-corrected chi connectivity index (χ2v) is 7.62. The van der Waals surface area contributed by atoms with Crippen molar-refractivity contribution in [2.24, 2.45) is 0 Å². The Hall–Kier alpha value is 0.0400. The Bertz CT molecular complexity index is 158. The summed E-state index contributed by atoms with van der Waals surface area (Å²) in [6, 6.07) is 0. The van der Waals surface area contributed by atoms with E-state index in [1.807, 2.05) is 0 Å². The van der Waals surface area contributed by atoms with Crippen LogP contribution in [-0.2, 0) is 0 Å². The maximum atomic E-state index is 2.44. The molecule has 0 saturated carbocycles. The van der Waals surface area contributed by atoms with Crippen LogP contribution in [-0.4, -0.2) is 24.8 Å². The van der Waals surface area contributed by atoms with E-state index < -0.39 is 6.89 Å². The highest BCUT2D eigenvalue weighted by molar-refractivity contribution is 7.74. The van der Waals surface area contributed by atoms with Crippen molar-refractivity contribution in [1.82, 2.24) is 0 Å². The largest absolute Gasteiger partial charge is 0.108 e. The molecule has 0 amide bonds. The normalized spacial score (nSPS) is 12.4. The molecule has 0 unspecified atom stereocenters. The van der Waals surface area contributed by atoms with Crippen LogP contribution in [0.5, 0.6) is 0 Å². The van der Waals surface area contributed by atoms with Gasteiger partial charge in [-0.1, -0.05) is 38.7 Å². The first-order valence-corrected chi connectivity index (χ1v) is 7.21. The lowest BCUT2D eigenvalue weighted by Crippen LogP contribution is -1.89. The van der Waals surface area contributed by atoms with Crippen molar-refractivity contribution >= 4 is 12.7 Å². The van der Waals surface area contributed by atoms with E-state index in [9.17, 15) is 0 Å². The van der Waals surface area contributed by atoms with Crippen molar-refractivity contribution in [3.05, 3.63) is 12.2 Å². The van der Waals surface area contributed by atoms with E-state index in [4.69, 9.17) is 0 Å². The van der Waals surface area contributed by atoms with Gasteiger partial charge in [-0.05, 0) is 25.4 Å². The first kappa shape index (κ1) is 11.0. The van der Waals surface area contributed by atoms with Gasteiger partial charge in [-0.15, -0.1) is 6.89 Å². The van der Waals surface area contributed by atoms with E-state index in [-0.39, 0.29) is 0 Å². The van der Waals surface area contributed by atoms with Gasteiger partial charge in [0.2, 0.25) is 0 Å². The number of allylic oxidation sites excluding steroid dienone is 2. The third kappa shape index (κ3) is 4.48. The summed E-state index contributed by atoms with van der Waals surface area (Å²) in [5, 5.41) is 0. The molecule has 0 heterocycles. The van der Waals surface area contributed by atoms with Crippen molar-refractivity contribution in [3.8, 4) is 0 Å². The Balaban J connectivity index is 4.22. The van der Waals surface area contributed by atoms with Crippen molar-refractivity contribution in [2.45, 2.75) is 27.2 Å². The second kappa shape index (κ2) is 5.66. The van der Waals surface area contributed by atoms with E-state index in [2.05, 4.69) is 45.4 Å². The number of rotatable bonds is 4. The topological polar surface area (TPSA) is 0 Å². The zero-order chi connectivity index (χ0) is 8.74. The van der Waals surface area contributed by atoms with Gasteiger partial charge in [0.1, 0.15) is 0 Å². The zero-order valence-electron chi connectivity index (χ0n) is 8.30. The quantitative estimate of drug-likeness (QED) is 0.570. The lowest BCUT2D eigenvalue weighted by atomic mass is 10.4. The van der Waals surface area contributed by atoms with Crippen molar-refractivity contribution in [3.63, 3.8) is 0 Å². The minimum absolute atomic E-state index is 0.673. The van der Waals surface area contributed by atoms with E-state index in [1.54, 1.807) is 0 Å². The molecule has 0 atom stereocenters. The molecule has 0 fully saturated rings. The highest BCUT2D eigenvalue weighted by atomic mass is 31.2. The van der Waals surface area contributed by atoms with Gasteiger partial charge in [0.15, 0.2) is 0 Å². The smallest absolute Gasteiger partial charge is 0.0358 e. The van der Waals surface area contributed by atoms with Crippen LogP contribution >= 0.6 is 6.89 Å². The van der Waals surface area contributed by atoms with Crippen LogP contribution < -0.4 is 0 Å². The van der Waals surface area contributed by atoms with Crippen LogP contribution in [0.1, 0.15) is 27.2 Å². The molecule has 0 rings (SSSR count). The fourth-order valence-electron chi connectivity index (χ4n) is 0.839. The van der Waals surface area contributed by atoms with Gasteiger partial charge in [-0.25, -0.2) is 0 Å². The summed E-state index contributed by atoms with van der Waals surface area (Å²) in [5.41, 5.74) is 0. The SMILES string of the molecule is CC/C=C\C=P(C)(CC)CC. The monoisotopic (exact) mass is 172 g/mol. The zero-order valence-corrected chi connectivity index (χ0v) is 9.20. The minimum atomic E-state index is -0.673. The fourth-order valence-corrected chi connectivity index (χ4v) is 2.25.